The molecule has 0 spiro atoms. The van der Waals surface area contributed by atoms with Crippen molar-refractivity contribution in [3.63, 3.8) is 0 Å². The summed E-state index contributed by atoms with van der Waals surface area (Å²) in [6, 6.07) is 54.5. The summed E-state index contributed by atoms with van der Waals surface area (Å²) in [5.74, 6) is 1.14. The summed E-state index contributed by atoms with van der Waals surface area (Å²) in [6.45, 7) is 28.2. The van der Waals surface area contributed by atoms with Crippen LogP contribution in [-0.4, -0.2) is 12.5 Å². The zero-order valence-electron chi connectivity index (χ0n) is 42.3. The van der Waals surface area contributed by atoms with Crippen molar-refractivity contribution in [1.82, 2.24) is 0 Å². The molecule has 68 heavy (non-hydrogen) atoms. The highest BCUT2D eigenvalue weighted by molar-refractivity contribution is 6.02. The van der Waals surface area contributed by atoms with E-state index in [9.17, 15) is 0 Å². The standard InChI is InChI=1S/C64H68N3O/c1-39(2)47-21-17-22-48(40(3)4)60(47)65-36-35-59(68)67(61-49(41(5)6)23-18-24-50(61)42(7)8)62(65)43-27-29-44(30-28-43)66(45-32-34-57-54(37-45)52-20-14-16-26-56(52)63(57,9)10)46-31-33-53-51-19-13-15-25-55(51)64(11,12)58(53)38-46/h13-34,37-42H,35-36H2,1-12H3. The van der Waals surface area contributed by atoms with Gasteiger partial charge in [0.05, 0.1) is 5.69 Å². The quantitative estimate of drug-likeness (QED) is 0.137. The van der Waals surface area contributed by atoms with Gasteiger partial charge in [-0.1, -0.05) is 192 Å². The number of hydrogen-bond acceptors (Lipinski definition) is 3. The summed E-state index contributed by atoms with van der Waals surface area (Å²) in [4.78, 5) is 22.1. The lowest BCUT2D eigenvalue weighted by atomic mass is 9.82. The second kappa shape index (κ2) is 17.0. The Kier molecular flexibility index (Phi) is 11.3. The van der Waals surface area contributed by atoms with Crippen LogP contribution in [0, 0.1) is 6.17 Å². The molecule has 0 bridgehead atoms. The zero-order chi connectivity index (χ0) is 48.0. The molecule has 345 valence electrons. The summed E-state index contributed by atoms with van der Waals surface area (Å²) >= 11 is 0. The SMILES string of the molecule is CC(C)c1cccc(C(C)C)c1N1CCC(=O)N(c2c(C(C)C)cccc2C(C)C)[C]1c1ccc(N(c2ccc3c(c2)-c2ccccc2C3(C)C)c2ccc3c(c2)C(C)(C)c2ccccc2-3)cc1. The van der Waals surface area contributed by atoms with E-state index in [2.05, 4.69) is 243 Å². The average Bonchev–Trinajstić information content (AvgIpc) is 3.70. The minimum absolute atomic E-state index is 0.0973. The van der Waals surface area contributed by atoms with E-state index in [1.54, 1.807) is 0 Å². The fourth-order valence-corrected chi connectivity index (χ4v) is 11.9. The molecule has 1 heterocycles. The predicted molar refractivity (Wildman–Crippen MR) is 287 cm³/mol. The molecule has 1 amide bonds. The maximum atomic E-state index is 15.0. The number of hydrogen-bond donors (Lipinski definition) is 0. The number of rotatable bonds is 10. The maximum Gasteiger partial charge on any atom is 0.231 e. The van der Waals surface area contributed by atoms with Crippen LogP contribution in [0.2, 0.25) is 0 Å². The highest BCUT2D eigenvalue weighted by Crippen LogP contribution is 2.54. The first-order valence-corrected chi connectivity index (χ1v) is 25.1. The predicted octanol–water partition coefficient (Wildman–Crippen LogP) is 17.0. The van der Waals surface area contributed by atoms with Gasteiger partial charge in [-0.05, 0) is 127 Å². The first-order chi connectivity index (χ1) is 32.5. The fourth-order valence-electron chi connectivity index (χ4n) is 11.9. The van der Waals surface area contributed by atoms with E-state index in [0.717, 1.165) is 34.5 Å². The van der Waals surface area contributed by atoms with Gasteiger partial charge in [0, 0.05) is 52.1 Å². The van der Waals surface area contributed by atoms with Gasteiger partial charge >= 0.3 is 0 Å². The number of amides is 1. The van der Waals surface area contributed by atoms with Crippen molar-refractivity contribution >= 4 is 34.3 Å². The Morgan fingerprint density at radius 2 is 0.882 bits per heavy atom. The number of carbonyl (C=O) groups excluding carboxylic acids is 1. The Morgan fingerprint density at radius 1 is 0.441 bits per heavy atom. The molecule has 4 nitrogen and oxygen atoms in total. The van der Waals surface area contributed by atoms with E-state index < -0.39 is 0 Å². The molecule has 7 aromatic rings. The highest BCUT2D eigenvalue weighted by Gasteiger charge is 2.43. The molecule has 3 aliphatic rings. The Bertz CT molecular complexity index is 3020. The van der Waals surface area contributed by atoms with Crippen molar-refractivity contribution in [2.75, 3.05) is 21.2 Å². The molecule has 7 aromatic carbocycles. The fraction of sp³-hybridized carbons (Fsp3) is 0.312. The van der Waals surface area contributed by atoms with Crippen LogP contribution < -0.4 is 14.7 Å². The minimum Gasteiger partial charge on any atom is -0.340 e. The van der Waals surface area contributed by atoms with Crippen LogP contribution >= 0.6 is 0 Å². The molecule has 0 saturated carbocycles. The van der Waals surface area contributed by atoms with Crippen LogP contribution in [-0.2, 0) is 15.6 Å². The van der Waals surface area contributed by atoms with Crippen molar-refractivity contribution in [2.45, 2.75) is 124 Å². The first kappa shape index (κ1) is 45.4. The third-order valence-electron chi connectivity index (χ3n) is 15.5. The van der Waals surface area contributed by atoms with Gasteiger partial charge in [0.15, 0.2) is 6.17 Å². The lowest BCUT2D eigenvalue weighted by Crippen LogP contribution is -2.53. The third-order valence-corrected chi connectivity index (χ3v) is 15.5. The van der Waals surface area contributed by atoms with Crippen LogP contribution in [0.25, 0.3) is 22.3 Å². The molecule has 1 saturated heterocycles. The molecule has 0 unspecified atom stereocenters. The molecule has 1 radical (unpaired) electrons. The summed E-state index contributed by atoms with van der Waals surface area (Å²) in [5.41, 5.74) is 21.9. The smallest absolute Gasteiger partial charge is 0.231 e. The van der Waals surface area contributed by atoms with Gasteiger partial charge < -0.3 is 9.80 Å². The summed E-state index contributed by atoms with van der Waals surface area (Å²) in [5, 5.41) is 0. The minimum atomic E-state index is -0.155. The second-order valence-electron chi connectivity index (χ2n) is 21.8. The second-order valence-corrected chi connectivity index (χ2v) is 21.8. The normalized spacial score (nSPS) is 15.9. The van der Waals surface area contributed by atoms with E-state index in [1.807, 2.05) is 0 Å². The van der Waals surface area contributed by atoms with Crippen LogP contribution in [0.5, 0.6) is 0 Å². The van der Waals surface area contributed by atoms with Crippen molar-refractivity contribution in [2.24, 2.45) is 0 Å². The molecular formula is C64H68N3O. The van der Waals surface area contributed by atoms with Gasteiger partial charge in [-0.25, -0.2) is 0 Å². The van der Waals surface area contributed by atoms with Crippen LogP contribution in [0.15, 0.2) is 146 Å². The zero-order valence-corrected chi connectivity index (χ0v) is 42.3. The number of anilines is 5. The topological polar surface area (TPSA) is 26.8 Å². The van der Waals surface area contributed by atoms with E-state index in [-0.39, 0.29) is 40.4 Å². The van der Waals surface area contributed by atoms with Gasteiger partial charge in [0.2, 0.25) is 5.91 Å². The summed E-state index contributed by atoms with van der Waals surface area (Å²) in [6.07, 6.45) is 1.35. The van der Waals surface area contributed by atoms with Gasteiger partial charge in [-0.15, -0.1) is 0 Å². The van der Waals surface area contributed by atoms with Gasteiger partial charge in [-0.2, -0.15) is 0 Å². The molecule has 1 aliphatic heterocycles. The number of nitrogens with zero attached hydrogens (tertiary/aromatic N) is 3. The molecule has 0 atom stereocenters. The first-order valence-electron chi connectivity index (χ1n) is 25.1. The number of para-hydroxylation sites is 2. The monoisotopic (exact) mass is 895 g/mol. The summed E-state index contributed by atoms with van der Waals surface area (Å²) < 4.78 is 0. The van der Waals surface area contributed by atoms with E-state index >= 15 is 4.79 Å². The molecule has 1 fully saturated rings. The molecular weight excluding hydrogens is 827 g/mol. The summed E-state index contributed by atoms with van der Waals surface area (Å²) in [7, 11) is 0. The molecule has 0 aromatic heterocycles. The van der Waals surface area contributed by atoms with Gasteiger partial charge in [0.1, 0.15) is 0 Å². The number of carbonyl (C=O) groups is 1. The number of fused-ring (bicyclic) bond motifs is 6. The van der Waals surface area contributed by atoms with Crippen LogP contribution in [0.4, 0.5) is 28.4 Å². The Hall–Kier alpha value is -6.39. The Morgan fingerprint density at radius 3 is 1.44 bits per heavy atom. The van der Waals surface area contributed by atoms with E-state index in [0.29, 0.717) is 13.0 Å². The van der Waals surface area contributed by atoms with Crippen LogP contribution in [0.1, 0.15) is 163 Å². The average molecular weight is 895 g/mol. The van der Waals surface area contributed by atoms with Crippen molar-refractivity contribution in [1.29, 1.82) is 0 Å². The molecule has 10 rings (SSSR count). The van der Waals surface area contributed by atoms with Crippen molar-refractivity contribution in [3.8, 4) is 22.3 Å². The largest absolute Gasteiger partial charge is 0.340 e. The maximum absolute atomic E-state index is 15.0. The Labute approximate surface area is 406 Å². The van der Waals surface area contributed by atoms with Crippen molar-refractivity contribution < 1.29 is 4.79 Å². The molecule has 2 aliphatic carbocycles. The van der Waals surface area contributed by atoms with E-state index in [4.69, 9.17) is 0 Å². The lowest BCUT2D eigenvalue weighted by molar-refractivity contribution is -0.118. The molecule has 0 N–H and O–H groups in total. The highest BCUT2D eigenvalue weighted by atomic mass is 16.2. The molecule has 4 heteroatoms. The third kappa shape index (κ3) is 7.20. The lowest BCUT2D eigenvalue weighted by Gasteiger charge is -2.47. The van der Waals surface area contributed by atoms with Gasteiger partial charge in [0.25, 0.3) is 0 Å². The van der Waals surface area contributed by atoms with Gasteiger partial charge in [-0.3, -0.25) is 9.69 Å². The van der Waals surface area contributed by atoms with Crippen molar-refractivity contribution in [3.05, 3.63) is 202 Å². The Balaban J connectivity index is 1.18. The van der Waals surface area contributed by atoms with Crippen LogP contribution in [0.3, 0.4) is 0 Å². The van der Waals surface area contributed by atoms with E-state index in [1.165, 1.54) is 72.4 Å². The number of benzene rings is 7.